The number of ether oxygens (including phenoxy) is 1. The van der Waals surface area contributed by atoms with Crippen molar-refractivity contribution < 1.29 is 4.74 Å². The number of hydrogen-bond donors (Lipinski definition) is 1. The zero-order valence-electron chi connectivity index (χ0n) is 7.11. The minimum atomic E-state index is 0.259. The summed E-state index contributed by atoms with van der Waals surface area (Å²) in [5.74, 6) is 0. The van der Waals surface area contributed by atoms with E-state index in [1.54, 1.807) is 0 Å². The molecule has 1 rings (SSSR count). The normalized spacial score (nSPS) is 24.9. The Labute approximate surface area is 63.0 Å². The predicted molar refractivity (Wildman–Crippen MR) is 42.1 cm³/mol. The van der Waals surface area contributed by atoms with E-state index in [9.17, 15) is 0 Å². The Morgan fingerprint density at radius 1 is 1.50 bits per heavy atom. The molecule has 0 radical (unpaired) electrons. The smallest absolute Gasteiger partial charge is 0.0822 e. The van der Waals surface area contributed by atoms with E-state index in [0.29, 0.717) is 6.10 Å². The van der Waals surface area contributed by atoms with Gasteiger partial charge in [-0.15, -0.1) is 0 Å². The number of rotatable bonds is 3. The molecule has 0 aromatic rings. The Hall–Kier alpha value is -0.0800. The summed E-state index contributed by atoms with van der Waals surface area (Å²) in [7, 11) is 0. The number of epoxide rings is 1. The molecule has 1 aliphatic heterocycles. The van der Waals surface area contributed by atoms with Crippen LogP contribution in [-0.4, -0.2) is 24.8 Å². The van der Waals surface area contributed by atoms with Crippen molar-refractivity contribution in [3.05, 3.63) is 0 Å². The summed E-state index contributed by atoms with van der Waals surface area (Å²) >= 11 is 0. The Balaban J connectivity index is 1.93. The largest absolute Gasteiger partial charge is 0.373 e. The van der Waals surface area contributed by atoms with E-state index >= 15 is 0 Å². The lowest BCUT2D eigenvalue weighted by Gasteiger charge is -2.19. The van der Waals surface area contributed by atoms with E-state index in [4.69, 9.17) is 4.74 Å². The zero-order chi connectivity index (χ0) is 7.61. The minimum Gasteiger partial charge on any atom is -0.373 e. The third-order valence-electron chi connectivity index (χ3n) is 1.52. The van der Waals surface area contributed by atoms with Gasteiger partial charge in [-0.1, -0.05) is 0 Å². The van der Waals surface area contributed by atoms with Crippen molar-refractivity contribution in [2.45, 2.75) is 38.8 Å². The molecule has 1 fully saturated rings. The minimum absolute atomic E-state index is 0.259. The van der Waals surface area contributed by atoms with Crippen LogP contribution in [0, 0.1) is 0 Å². The number of hydrogen-bond acceptors (Lipinski definition) is 2. The fourth-order valence-corrected chi connectivity index (χ4v) is 0.843. The molecule has 10 heavy (non-hydrogen) atoms. The number of nitrogens with one attached hydrogen (secondary N) is 1. The van der Waals surface area contributed by atoms with Crippen molar-refractivity contribution in [3.63, 3.8) is 0 Å². The summed E-state index contributed by atoms with van der Waals surface area (Å²) in [6, 6.07) is 0. The van der Waals surface area contributed by atoms with Crippen molar-refractivity contribution in [2.24, 2.45) is 0 Å². The van der Waals surface area contributed by atoms with Crippen LogP contribution in [-0.2, 0) is 4.74 Å². The van der Waals surface area contributed by atoms with Gasteiger partial charge in [0.05, 0.1) is 12.7 Å². The summed E-state index contributed by atoms with van der Waals surface area (Å²) in [4.78, 5) is 0. The van der Waals surface area contributed by atoms with Gasteiger partial charge in [0, 0.05) is 5.54 Å². The molecular weight excluding hydrogens is 126 g/mol. The highest BCUT2D eigenvalue weighted by Gasteiger charge is 2.22. The third kappa shape index (κ3) is 3.85. The van der Waals surface area contributed by atoms with Crippen molar-refractivity contribution in [3.8, 4) is 0 Å². The maximum Gasteiger partial charge on any atom is 0.0822 e. The molecule has 0 bridgehead atoms. The average Bonchev–Trinajstić information content (AvgIpc) is 2.45. The van der Waals surface area contributed by atoms with Gasteiger partial charge in [0.15, 0.2) is 0 Å². The predicted octanol–water partition coefficient (Wildman–Crippen LogP) is 1.16. The molecule has 2 nitrogen and oxygen atoms in total. The molecule has 1 N–H and O–H groups in total. The van der Waals surface area contributed by atoms with Crippen LogP contribution in [0.15, 0.2) is 0 Å². The first-order chi connectivity index (χ1) is 4.58. The highest BCUT2D eigenvalue weighted by molar-refractivity contribution is 4.74. The van der Waals surface area contributed by atoms with Gasteiger partial charge in [-0.05, 0) is 33.7 Å². The Kier molecular flexibility index (Phi) is 2.32. The molecule has 2 heteroatoms. The highest BCUT2D eigenvalue weighted by Crippen LogP contribution is 2.12. The highest BCUT2D eigenvalue weighted by atomic mass is 16.6. The van der Waals surface area contributed by atoms with Gasteiger partial charge < -0.3 is 10.1 Å². The van der Waals surface area contributed by atoms with Gasteiger partial charge >= 0.3 is 0 Å². The molecule has 60 valence electrons. The second-order valence-electron chi connectivity index (χ2n) is 3.92. The van der Waals surface area contributed by atoms with E-state index in [1.165, 1.54) is 0 Å². The van der Waals surface area contributed by atoms with Crippen LogP contribution in [0.2, 0.25) is 0 Å². The van der Waals surface area contributed by atoms with Gasteiger partial charge in [0.2, 0.25) is 0 Å². The molecule has 0 amide bonds. The molecule has 0 saturated carbocycles. The third-order valence-corrected chi connectivity index (χ3v) is 1.52. The first-order valence-corrected chi connectivity index (χ1v) is 3.94. The monoisotopic (exact) mass is 143 g/mol. The fraction of sp³-hybridized carbons (Fsp3) is 1.00. The summed E-state index contributed by atoms with van der Waals surface area (Å²) < 4.78 is 5.08. The van der Waals surface area contributed by atoms with Crippen molar-refractivity contribution in [1.29, 1.82) is 0 Å². The Morgan fingerprint density at radius 2 is 2.10 bits per heavy atom. The van der Waals surface area contributed by atoms with Gasteiger partial charge in [0.25, 0.3) is 0 Å². The second kappa shape index (κ2) is 2.89. The molecule has 1 atom stereocenters. The van der Waals surface area contributed by atoms with E-state index in [1.807, 2.05) is 0 Å². The van der Waals surface area contributed by atoms with Gasteiger partial charge in [-0.25, -0.2) is 0 Å². The molecule has 0 spiro atoms. The summed E-state index contributed by atoms with van der Waals surface area (Å²) in [6.07, 6.45) is 1.73. The van der Waals surface area contributed by atoms with E-state index in [2.05, 4.69) is 26.1 Å². The molecule has 0 aromatic carbocycles. The lowest BCUT2D eigenvalue weighted by Crippen LogP contribution is -2.36. The van der Waals surface area contributed by atoms with E-state index in [-0.39, 0.29) is 5.54 Å². The SMILES string of the molecule is CC(C)(C)NCCC1CO1. The molecule has 1 saturated heterocycles. The van der Waals surface area contributed by atoms with Gasteiger partial charge in [0.1, 0.15) is 0 Å². The standard InChI is InChI=1S/C8H17NO/c1-8(2,3)9-5-4-7-6-10-7/h7,9H,4-6H2,1-3H3. The maximum atomic E-state index is 5.08. The lowest BCUT2D eigenvalue weighted by atomic mass is 10.1. The molecular formula is C8H17NO. The summed E-state index contributed by atoms with van der Waals surface area (Å²) in [6.45, 7) is 8.60. The van der Waals surface area contributed by atoms with Crippen LogP contribution >= 0.6 is 0 Å². The van der Waals surface area contributed by atoms with Crippen molar-refractivity contribution >= 4 is 0 Å². The van der Waals surface area contributed by atoms with Crippen LogP contribution in [0.1, 0.15) is 27.2 Å². The summed E-state index contributed by atoms with van der Waals surface area (Å²) in [5.41, 5.74) is 0.259. The maximum absolute atomic E-state index is 5.08. The fourth-order valence-electron chi connectivity index (χ4n) is 0.843. The quantitative estimate of drug-likeness (QED) is 0.600. The lowest BCUT2D eigenvalue weighted by molar-refractivity contribution is 0.367. The van der Waals surface area contributed by atoms with Crippen molar-refractivity contribution in [1.82, 2.24) is 5.32 Å². The van der Waals surface area contributed by atoms with Gasteiger partial charge in [-0.2, -0.15) is 0 Å². The summed E-state index contributed by atoms with van der Waals surface area (Å²) in [5, 5.41) is 3.41. The second-order valence-corrected chi connectivity index (χ2v) is 3.92. The van der Waals surface area contributed by atoms with Crippen LogP contribution in [0.5, 0.6) is 0 Å². The molecule has 1 heterocycles. The molecule has 1 unspecified atom stereocenters. The van der Waals surface area contributed by atoms with Crippen LogP contribution < -0.4 is 5.32 Å². The van der Waals surface area contributed by atoms with Crippen LogP contribution in [0.25, 0.3) is 0 Å². The van der Waals surface area contributed by atoms with Crippen LogP contribution in [0.3, 0.4) is 0 Å². The topological polar surface area (TPSA) is 24.6 Å². The molecule has 0 aromatic heterocycles. The first kappa shape index (κ1) is 8.02. The Morgan fingerprint density at radius 3 is 2.50 bits per heavy atom. The zero-order valence-corrected chi connectivity index (χ0v) is 7.11. The van der Waals surface area contributed by atoms with Crippen molar-refractivity contribution in [2.75, 3.05) is 13.2 Å². The van der Waals surface area contributed by atoms with Gasteiger partial charge in [-0.3, -0.25) is 0 Å². The van der Waals surface area contributed by atoms with E-state index in [0.717, 1.165) is 19.6 Å². The Bertz CT molecular complexity index is 102. The molecule has 0 aliphatic carbocycles. The molecule has 1 aliphatic rings. The van der Waals surface area contributed by atoms with Crippen LogP contribution in [0.4, 0.5) is 0 Å². The first-order valence-electron chi connectivity index (χ1n) is 3.94. The average molecular weight is 143 g/mol. The van der Waals surface area contributed by atoms with E-state index < -0.39 is 0 Å².